The van der Waals surface area contributed by atoms with E-state index in [1.54, 1.807) is 0 Å². The molecule has 0 aromatic carbocycles. The van der Waals surface area contributed by atoms with Crippen molar-refractivity contribution >= 4 is 5.91 Å². The first-order valence-electron chi connectivity index (χ1n) is 6.24. The lowest BCUT2D eigenvalue weighted by Gasteiger charge is -2.30. The highest BCUT2D eigenvalue weighted by molar-refractivity contribution is 5.79. The summed E-state index contributed by atoms with van der Waals surface area (Å²) < 4.78 is 0. The molecule has 3 aliphatic rings. The van der Waals surface area contributed by atoms with E-state index < -0.39 is 0 Å². The Bertz CT molecular complexity index is 275. The lowest BCUT2D eigenvalue weighted by Crippen LogP contribution is -2.46. The Balaban J connectivity index is 1.63. The van der Waals surface area contributed by atoms with Crippen molar-refractivity contribution in [2.24, 2.45) is 23.7 Å². The summed E-state index contributed by atoms with van der Waals surface area (Å²) in [6, 6.07) is 0. The molecule has 3 heteroatoms. The Kier molecular flexibility index (Phi) is 2.23. The summed E-state index contributed by atoms with van der Waals surface area (Å²) in [7, 11) is 0. The second-order valence-electron chi connectivity index (χ2n) is 5.62. The van der Waals surface area contributed by atoms with Gasteiger partial charge in [-0.3, -0.25) is 4.79 Å². The molecule has 1 amide bonds. The zero-order valence-electron chi connectivity index (χ0n) is 9.41. The third-order valence-corrected chi connectivity index (χ3v) is 4.37. The van der Waals surface area contributed by atoms with Crippen molar-refractivity contribution in [2.75, 3.05) is 26.2 Å². The largest absolute Gasteiger partial charge is 0.356 e. The molecule has 2 saturated heterocycles. The lowest BCUT2D eigenvalue weighted by molar-refractivity contribution is -0.128. The van der Waals surface area contributed by atoms with Crippen LogP contribution in [0.5, 0.6) is 0 Å². The van der Waals surface area contributed by atoms with Crippen LogP contribution in [0.1, 0.15) is 19.8 Å². The molecule has 2 heterocycles. The second-order valence-corrected chi connectivity index (χ2v) is 5.62. The van der Waals surface area contributed by atoms with Crippen molar-refractivity contribution in [2.45, 2.75) is 19.8 Å². The van der Waals surface area contributed by atoms with E-state index in [4.69, 9.17) is 0 Å². The Morgan fingerprint density at radius 1 is 1.40 bits per heavy atom. The lowest BCUT2D eigenvalue weighted by atomic mass is 9.81. The van der Waals surface area contributed by atoms with Crippen LogP contribution in [0.15, 0.2) is 0 Å². The van der Waals surface area contributed by atoms with Crippen LogP contribution in [0.3, 0.4) is 0 Å². The van der Waals surface area contributed by atoms with E-state index in [1.807, 2.05) is 0 Å². The highest BCUT2D eigenvalue weighted by Gasteiger charge is 2.42. The van der Waals surface area contributed by atoms with Crippen LogP contribution < -0.4 is 5.32 Å². The van der Waals surface area contributed by atoms with Gasteiger partial charge in [-0.1, -0.05) is 6.92 Å². The first-order valence-corrected chi connectivity index (χ1v) is 6.24. The quantitative estimate of drug-likeness (QED) is 0.725. The molecule has 0 bridgehead atoms. The van der Waals surface area contributed by atoms with Gasteiger partial charge in [0, 0.05) is 32.1 Å². The monoisotopic (exact) mass is 208 g/mol. The van der Waals surface area contributed by atoms with Crippen LogP contribution in [0.2, 0.25) is 0 Å². The van der Waals surface area contributed by atoms with Gasteiger partial charge in [-0.05, 0) is 30.6 Å². The molecular formula is C12H20N2O. The zero-order chi connectivity index (χ0) is 10.4. The molecule has 84 valence electrons. The van der Waals surface area contributed by atoms with Crippen molar-refractivity contribution in [3.05, 3.63) is 0 Å². The highest BCUT2D eigenvalue weighted by Crippen LogP contribution is 2.36. The topological polar surface area (TPSA) is 32.3 Å². The maximum Gasteiger partial charge on any atom is 0.223 e. The van der Waals surface area contributed by atoms with Gasteiger partial charge in [-0.25, -0.2) is 0 Å². The molecule has 0 unspecified atom stereocenters. The Morgan fingerprint density at radius 3 is 2.93 bits per heavy atom. The molecule has 3 nitrogen and oxygen atoms in total. The molecule has 1 aliphatic carbocycles. The van der Waals surface area contributed by atoms with Crippen LogP contribution in [0.4, 0.5) is 0 Å². The van der Waals surface area contributed by atoms with Gasteiger partial charge in [0.15, 0.2) is 0 Å². The van der Waals surface area contributed by atoms with Crippen molar-refractivity contribution in [3.8, 4) is 0 Å². The van der Waals surface area contributed by atoms with Crippen molar-refractivity contribution in [3.63, 3.8) is 0 Å². The molecule has 3 atom stereocenters. The minimum Gasteiger partial charge on any atom is -0.356 e. The van der Waals surface area contributed by atoms with Crippen LogP contribution in [0.25, 0.3) is 0 Å². The summed E-state index contributed by atoms with van der Waals surface area (Å²) in [5.74, 6) is 2.82. The molecule has 1 N–H and O–H groups in total. The number of likely N-dealkylation sites (tertiary alicyclic amines) is 1. The number of hydrogen-bond donors (Lipinski definition) is 1. The Morgan fingerprint density at radius 2 is 2.20 bits per heavy atom. The van der Waals surface area contributed by atoms with Gasteiger partial charge < -0.3 is 10.2 Å². The van der Waals surface area contributed by atoms with Gasteiger partial charge in [-0.2, -0.15) is 0 Å². The molecule has 15 heavy (non-hydrogen) atoms. The third kappa shape index (κ3) is 1.78. The summed E-state index contributed by atoms with van der Waals surface area (Å²) in [4.78, 5) is 14.1. The minimum absolute atomic E-state index is 0.230. The van der Waals surface area contributed by atoms with Crippen LogP contribution in [-0.4, -0.2) is 37.0 Å². The van der Waals surface area contributed by atoms with Gasteiger partial charge in [0.25, 0.3) is 0 Å². The van der Waals surface area contributed by atoms with E-state index in [-0.39, 0.29) is 11.8 Å². The number of nitrogens with zero attached hydrogens (tertiary/aromatic N) is 1. The molecule has 0 spiro atoms. The second kappa shape index (κ2) is 3.48. The van der Waals surface area contributed by atoms with Crippen molar-refractivity contribution in [1.82, 2.24) is 10.2 Å². The standard InChI is InChI=1S/C12H20N2O/c1-8-11-7-14(5-9-2-3-9)6-10(11)4-13-12(8)15/h8-11H,2-7H2,1H3,(H,13,15)/t8-,10+,11+/m0/s1. The normalized spacial score (nSPS) is 41.4. The summed E-state index contributed by atoms with van der Waals surface area (Å²) in [6.45, 7) is 6.66. The number of amides is 1. The maximum absolute atomic E-state index is 11.5. The SMILES string of the molecule is C[C@@H]1C(=O)NC[C@@H]2CN(CC3CC3)C[C@@H]21. The molecule has 0 aromatic rings. The molecule has 3 fully saturated rings. The van der Waals surface area contributed by atoms with Gasteiger partial charge in [0.1, 0.15) is 0 Å². The number of hydrogen-bond acceptors (Lipinski definition) is 2. The van der Waals surface area contributed by atoms with E-state index >= 15 is 0 Å². The zero-order valence-corrected chi connectivity index (χ0v) is 9.41. The fourth-order valence-electron chi connectivity index (χ4n) is 3.17. The van der Waals surface area contributed by atoms with E-state index in [1.165, 1.54) is 25.9 Å². The molecule has 0 radical (unpaired) electrons. The smallest absolute Gasteiger partial charge is 0.223 e. The third-order valence-electron chi connectivity index (χ3n) is 4.37. The van der Waals surface area contributed by atoms with E-state index in [2.05, 4.69) is 17.1 Å². The molecule has 2 aliphatic heterocycles. The summed E-state index contributed by atoms with van der Waals surface area (Å²) in [6.07, 6.45) is 2.86. The first kappa shape index (κ1) is 9.64. The van der Waals surface area contributed by atoms with E-state index in [0.29, 0.717) is 5.92 Å². The van der Waals surface area contributed by atoms with E-state index in [0.717, 1.165) is 24.9 Å². The summed E-state index contributed by atoms with van der Waals surface area (Å²) in [5, 5.41) is 3.03. The van der Waals surface area contributed by atoms with Crippen molar-refractivity contribution in [1.29, 1.82) is 0 Å². The molecule has 0 aromatic heterocycles. The molecular weight excluding hydrogens is 188 g/mol. The maximum atomic E-state index is 11.5. The number of carbonyl (C=O) groups is 1. The Labute approximate surface area is 91.2 Å². The van der Waals surface area contributed by atoms with Gasteiger partial charge in [0.2, 0.25) is 5.91 Å². The number of carbonyl (C=O) groups excluding carboxylic acids is 1. The fourth-order valence-corrected chi connectivity index (χ4v) is 3.17. The van der Waals surface area contributed by atoms with Crippen LogP contribution >= 0.6 is 0 Å². The fraction of sp³-hybridized carbons (Fsp3) is 0.917. The Hall–Kier alpha value is -0.570. The highest BCUT2D eigenvalue weighted by atomic mass is 16.1. The molecule has 3 rings (SSSR count). The van der Waals surface area contributed by atoms with Crippen molar-refractivity contribution < 1.29 is 4.79 Å². The number of fused-ring (bicyclic) bond motifs is 1. The summed E-state index contributed by atoms with van der Waals surface area (Å²) in [5.41, 5.74) is 0. The molecule has 1 saturated carbocycles. The number of piperidine rings is 1. The predicted molar refractivity (Wildman–Crippen MR) is 58.3 cm³/mol. The first-order chi connectivity index (χ1) is 7.24. The van der Waals surface area contributed by atoms with Crippen LogP contribution in [-0.2, 0) is 4.79 Å². The van der Waals surface area contributed by atoms with Gasteiger partial charge in [-0.15, -0.1) is 0 Å². The van der Waals surface area contributed by atoms with Gasteiger partial charge >= 0.3 is 0 Å². The number of nitrogens with one attached hydrogen (secondary N) is 1. The van der Waals surface area contributed by atoms with E-state index in [9.17, 15) is 4.79 Å². The summed E-state index contributed by atoms with van der Waals surface area (Å²) >= 11 is 0. The predicted octanol–water partition coefficient (Wildman–Crippen LogP) is 0.710. The average molecular weight is 208 g/mol. The number of rotatable bonds is 2. The minimum atomic E-state index is 0.230. The average Bonchev–Trinajstić information content (AvgIpc) is 2.91. The van der Waals surface area contributed by atoms with Crippen LogP contribution in [0, 0.1) is 23.7 Å². The van der Waals surface area contributed by atoms with Gasteiger partial charge in [0.05, 0.1) is 0 Å².